The van der Waals surface area contributed by atoms with Gasteiger partial charge in [0.15, 0.2) is 0 Å². The number of hydrogen-bond donors (Lipinski definition) is 0. The van der Waals surface area contributed by atoms with E-state index in [9.17, 15) is 0 Å². The van der Waals surface area contributed by atoms with Crippen LogP contribution in [0.3, 0.4) is 0 Å². The van der Waals surface area contributed by atoms with Crippen molar-refractivity contribution in [3.05, 3.63) is 0 Å². The number of terminal acetylenes is 1. The Kier molecular flexibility index (Phi) is 2.96. The molecule has 0 saturated carbocycles. The van der Waals surface area contributed by atoms with E-state index in [4.69, 9.17) is 6.42 Å². The van der Waals surface area contributed by atoms with Gasteiger partial charge in [0.1, 0.15) is 0 Å². The molecule has 0 bridgehead atoms. The van der Waals surface area contributed by atoms with E-state index in [1.54, 1.807) is 0 Å². The fraction of sp³-hybridized carbons (Fsp3) is 0.800. The molecule has 62 valence electrons. The molecule has 1 fully saturated rings. The maximum atomic E-state index is 5.25. The molecule has 1 aliphatic rings. The molecule has 2 unspecified atom stereocenters. The highest BCUT2D eigenvalue weighted by atomic mass is 15.1. The number of rotatable bonds is 1. The summed E-state index contributed by atoms with van der Waals surface area (Å²) in [6, 6.07) is 0. The Labute approximate surface area is 69.8 Å². The lowest BCUT2D eigenvalue weighted by atomic mass is 9.89. The Bertz CT molecular complexity index is 157. The molecule has 2 atom stereocenters. The second kappa shape index (κ2) is 3.78. The highest BCUT2D eigenvalue weighted by molar-refractivity contribution is 4.90. The van der Waals surface area contributed by atoms with E-state index in [1.165, 1.54) is 19.5 Å². The van der Waals surface area contributed by atoms with Crippen LogP contribution in [0.4, 0.5) is 0 Å². The van der Waals surface area contributed by atoms with Gasteiger partial charge in [-0.1, -0.05) is 19.8 Å². The van der Waals surface area contributed by atoms with Crippen LogP contribution in [0.2, 0.25) is 0 Å². The minimum atomic E-state index is 0.817. The standard InChI is InChI=1S/C10H17N/c1-4-6-11-7-5-9(2)10(3)8-11/h1,9-10H,5-8H2,2-3H3. The molecule has 0 amide bonds. The van der Waals surface area contributed by atoms with Gasteiger partial charge < -0.3 is 0 Å². The van der Waals surface area contributed by atoms with Crippen molar-refractivity contribution in [2.75, 3.05) is 19.6 Å². The van der Waals surface area contributed by atoms with E-state index < -0.39 is 0 Å². The molecule has 1 saturated heterocycles. The van der Waals surface area contributed by atoms with Crippen LogP contribution in [0.15, 0.2) is 0 Å². The topological polar surface area (TPSA) is 3.24 Å². The molecule has 0 aliphatic carbocycles. The van der Waals surface area contributed by atoms with Gasteiger partial charge in [-0.25, -0.2) is 0 Å². The summed E-state index contributed by atoms with van der Waals surface area (Å²) in [4.78, 5) is 2.37. The van der Waals surface area contributed by atoms with Crippen molar-refractivity contribution < 1.29 is 0 Å². The smallest absolute Gasteiger partial charge is 0.0599 e. The Morgan fingerprint density at radius 1 is 1.45 bits per heavy atom. The number of hydrogen-bond acceptors (Lipinski definition) is 1. The van der Waals surface area contributed by atoms with Gasteiger partial charge in [-0.3, -0.25) is 4.90 Å². The lowest BCUT2D eigenvalue weighted by Crippen LogP contribution is -2.38. The molecular formula is C10H17N. The number of likely N-dealkylation sites (tertiary alicyclic amines) is 1. The van der Waals surface area contributed by atoms with E-state index >= 15 is 0 Å². The molecule has 0 aromatic heterocycles. The highest BCUT2D eigenvalue weighted by Gasteiger charge is 2.21. The van der Waals surface area contributed by atoms with Crippen LogP contribution in [0, 0.1) is 24.2 Å². The first-order valence-electron chi connectivity index (χ1n) is 4.40. The third kappa shape index (κ3) is 2.24. The Morgan fingerprint density at radius 3 is 2.73 bits per heavy atom. The quantitative estimate of drug-likeness (QED) is 0.514. The van der Waals surface area contributed by atoms with Crippen molar-refractivity contribution in [2.24, 2.45) is 11.8 Å². The van der Waals surface area contributed by atoms with Crippen LogP contribution in [-0.4, -0.2) is 24.5 Å². The largest absolute Gasteiger partial charge is 0.292 e. The van der Waals surface area contributed by atoms with Crippen molar-refractivity contribution in [3.63, 3.8) is 0 Å². The van der Waals surface area contributed by atoms with Crippen molar-refractivity contribution in [2.45, 2.75) is 20.3 Å². The predicted molar refractivity (Wildman–Crippen MR) is 48.2 cm³/mol. The van der Waals surface area contributed by atoms with Crippen LogP contribution < -0.4 is 0 Å². The van der Waals surface area contributed by atoms with Gasteiger partial charge in [-0.15, -0.1) is 6.42 Å². The fourth-order valence-electron chi connectivity index (χ4n) is 1.62. The van der Waals surface area contributed by atoms with Gasteiger partial charge in [0.25, 0.3) is 0 Å². The van der Waals surface area contributed by atoms with Crippen LogP contribution in [0.25, 0.3) is 0 Å². The highest BCUT2D eigenvalue weighted by Crippen LogP contribution is 2.21. The number of piperidine rings is 1. The van der Waals surface area contributed by atoms with Gasteiger partial charge in [-0.05, 0) is 24.8 Å². The molecule has 1 aliphatic heterocycles. The van der Waals surface area contributed by atoms with E-state index in [0.29, 0.717) is 0 Å². The molecule has 0 radical (unpaired) electrons. The van der Waals surface area contributed by atoms with Crippen molar-refractivity contribution >= 4 is 0 Å². The molecule has 0 N–H and O–H groups in total. The average Bonchev–Trinajstić information content (AvgIpc) is 1.98. The first-order chi connectivity index (χ1) is 5.24. The van der Waals surface area contributed by atoms with Gasteiger partial charge in [0.2, 0.25) is 0 Å². The molecule has 0 spiro atoms. The van der Waals surface area contributed by atoms with Gasteiger partial charge in [-0.2, -0.15) is 0 Å². The lowest BCUT2D eigenvalue weighted by molar-refractivity contribution is 0.153. The summed E-state index contributed by atoms with van der Waals surface area (Å²) in [6.45, 7) is 7.85. The zero-order chi connectivity index (χ0) is 8.27. The number of nitrogens with zero attached hydrogens (tertiary/aromatic N) is 1. The molecule has 1 nitrogen and oxygen atoms in total. The summed E-state index contributed by atoms with van der Waals surface area (Å²) in [7, 11) is 0. The summed E-state index contributed by atoms with van der Waals surface area (Å²) >= 11 is 0. The van der Waals surface area contributed by atoms with Crippen LogP contribution in [0.1, 0.15) is 20.3 Å². The fourth-order valence-corrected chi connectivity index (χ4v) is 1.62. The molecule has 0 aromatic rings. The van der Waals surface area contributed by atoms with Crippen molar-refractivity contribution in [1.29, 1.82) is 0 Å². The molecule has 1 rings (SSSR count). The van der Waals surface area contributed by atoms with E-state index in [-0.39, 0.29) is 0 Å². The average molecular weight is 151 g/mol. The predicted octanol–water partition coefficient (Wildman–Crippen LogP) is 1.60. The monoisotopic (exact) mass is 151 g/mol. The van der Waals surface area contributed by atoms with E-state index in [0.717, 1.165) is 18.4 Å². The second-order valence-corrected chi connectivity index (χ2v) is 3.68. The zero-order valence-electron chi connectivity index (χ0n) is 7.51. The maximum absolute atomic E-state index is 5.25. The first kappa shape index (κ1) is 8.62. The second-order valence-electron chi connectivity index (χ2n) is 3.68. The summed E-state index contributed by atoms with van der Waals surface area (Å²) in [5.74, 6) is 4.39. The molecular weight excluding hydrogens is 134 g/mol. The minimum absolute atomic E-state index is 0.817. The molecule has 1 heteroatoms. The zero-order valence-corrected chi connectivity index (χ0v) is 7.51. The molecule has 0 aromatic carbocycles. The Hall–Kier alpha value is -0.480. The third-order valence-corrected chi connectivity index (χ3v) is 2.73. The van der Waals surface area contributed by atoms with Crippen LogP contribution >= 0.6 is 0 Å². The molecule has 1 heterocycles. The van der Waals surface area contributed by atoms with Crippen LogP contribution in [0.5, 0.6) is 0 Å². The lowest BCUT2D eigenvalue weighted by Gasteiger charge is -2.33. The van der Waals surface area contributed by atoms with Gasteiger partial charge >= 0.3 is 0 Å². The van der Waals surface area contributed by atoms with Gasteiger partial charge in [0.05, 0.1) is 6.54 Å². The normalized spacial score (nSPS) is 33.2. The maximum Gasteiger partial charge on any atom is 0.0599 e. The van der Waals surface area contributed by atoms with Crippen molar-refractivity contribution in [1.82, 2.24) is 4.90 Å². The Morgan fingerprint density at radius 2 is 2.18 bits per heavy atom. The van der Waals surface area contributed by atoms with Gasteiger partial charge in [0, 0.05) is 6.54 Å². The third-order valence-electron chi connectivity index (χ3n) is 2.73. The van der Waals surface area contributed by atoms with Crippen LogP contribution in [-0.2, 0) is 0 Å². The summed E-state index contributed by atoms with van der Waals surface area (Å²) in [5.41, 5.74) is 0. The summed E-state index contributed by atoms with van der Waals surface area (Å²) in [6.07, 6.45) is 6.56. The first-order valence-corrected chi connectivity index (χ1v) is 4.40. The minimum Gasteiger partial charge on any atom is -0.292 e. The van der Waals surface area contributed by atoms with Crippen molar-refractivity contribution in [3.8, 4) is 12.3 Å². The van der Waals surface area contributed by atoms with E-state index in [1.807, 2.05) is 0 Å². The Balaban J connectivity index is 2.35. The SMILES string of the molecule is C#CCN1CCC(C)C(C)C1. The van der Waals surface area contributed by atoms with E-state index in [2.05, 4.69) is 24.7 Å². The summed E-state index contributed by atoms with van der Waals surface area (Å²) < 4.78 is 0. The summed E-state index contributed by atoms with van der Waals surface area (Å²) in [5, 5.41) is 0. The molecule has 11 heavy (non-hydrogen) atoms.